The molecule has 0 bridgehead atoms. The van der Waals surface area contributed by atoms with E-state index in [2.05, 4.69) is 5.32 Å². The van der Waals surface area contributed by atoms with Crippen LogP contribution in [0.1, 0.15) is 17.2 Å². The molecule has 0 amide bonds. The Morgan fingerprint density at radius 1 is 1.05 bits per heavy atom. The first-order chi connectivity index (χ1) is 9.33. The van der Waals surface area contributed by atoms with Crippen LogP contribution in [-0.4, -0.2) is 18.7 Å². The van der Waals surface area contributed by atoms with Crippen LogP contribution in [0, 0.1) is 0 Å². The van der Waals surface area contributed by atoms with Crippen molar-refractivity contribution < 1.29 is 5.11 Å². The molecule has 2 aromatic carbocycles. The molecule has 2 rings (SSSR count). The minimum atomic E-state index is -0.600. The highest BCUT2D eigenvalue weighted by Gasteiger charge is 2.14. The summed E-state index contributed by atoms with van der Waals surface area (Å²) in [5.74, 6) is 0. The van der Waals surface area contributed by atoms with Crippen LogP contribution in [0.25, 0.3) is 5.57 Å². The molecule has 0 heterocycles. The molecule has 2 nitrogen and oxygen atoms in total. The highest BCUT2D eigenvalue weighted by molar-refractivity contribution is 5.70. The van der Waals surface area contributed by atoms with E-state index in [1.165, 1.54) is 0 Å². The van der Waals surface area contributed by atoms with Crippen LogP contribution in [0.3, 0.4) is 0 Å². The number of benzene rings is 2. The number of aliphatic hydroxyl groups is 1. The lowest BCUT2D eigenvalue weighted by Crippen LogP contribution is -2.08. The molecule has 0 aliphatic rings. The van der Waals surface area contributed by atoms with Gasteiger partial charge in [-0.1, -0.05) is 66.7 Å². The van der Waals surface area contributed by atoms with E-state index in [0.717, 1.165) is 23.2 Å². The molecule has 2 heteroatoms. The SMILES string of the molecule is CNCC=C(c1ccccc1)C(O)c1ccccc1. The molecule has 0 radical (unpaired) electrons. The number of rotatable bonds is 5. The highest BCUT2D eigenvalue weighted by Crippen LogP contribution is 2.29. The van der Waals surface area contributed by atoms with E-state index >= 15 is 0 Å². The van der Waals surface area contributed by atoms with Crippen molar-refractivity contribution in [3.05, 3.63) is 77.9 Å². The number of nitrogens with one attached hydrogen (secondary N) is 1. The van der Waals surface area contributed by atoms with Crippen LogP contribution in [0.5, 0.6) is 0 Å². The second kappa shape index (κ2) is 6.88. The van der Waals surface area contributed by atoms with Gasteiger partial charge in [-0.25, -0.2) is 0 Å². The van der Waals surface area contributed by atoms with Crippen LogP contribution in [0.2, 0.25) is 0 Å². The van der Waals surface area contributed by atoms with Crippen LogP contribution in [0.15, 0.2) is 66.7 Å². The van der Waals surface area contributed by atoms with E-state index in [1.54, 1.807) is 0 Å². The minimum absolute atomic E-state index is 0.600. The predicted octanol–water partition coefficient (Wildman–Crippen LogP) is 3.02. The quantitative estimate of drug-likeness (QED) is 0.858. The third-order valence-corrected chi connectivity index (χ3v) is 3.04. The molecule has 0 saturated heterocycles. The molecule has 2 N–H and O–H groups in total. The van der Waals surface area contributed by atoms with Crippen molar-refractivity contribution in [3.63, 3.8) is 0 Å². The Hall–Kier alpha value is -1.90. The Morgan fingerprint density at radius 2 is 1.63 bits per heavy atom. The summed E-state index contributed by atoms with van der Waals surface area (Å²) in [7, 11) is 1.90. The number of aliphatic hydroxyl groups excluding tert-OH is 1. The van der Waals surface area contributed by atoms with Gasteiger partial charge in [-0.3, -0.25) is 0 Å². The van der Waals surface area contributed by atoms with Crippen LogP contribution in [0.4, 0.5) is 0 Å². The maximum Gasteiger partial charge on any atom is 0.104 e. The first-order valence-corrected chi connectivity index (χ1v) is 6.46. The van der Waals surface area contributed by atoms with Gasteiger partial charge in [-0.15, -0.1) is 0 Å². The van der Waals surface area contributed by atoms with E-state index in [4.69, 9.17) is 0 Å². The Labute approximate surface area is 114 Å². The number of likely N-dealkylation sites (N-methyl/N-ethyl adjacent to an activating group) is 1. The summed E-state index contributed by atoms with van der Waals surface area (Å²) in [5, 5.41) is 13.7. The average molecular weight is 253 g/mol. The van der Waals surface area contributed by atoms with Gasteiger partial charge in [0.05, 0.1) is 0 Å². The zero-order valence-electron chi connectivity index (χ0n) is 11.1. The Kier molecular flexibility index (Phi) is 4.90. The maximum absolute atomic E-state index is 10.6. The summed E-state index contributed by atoms with van der Waals surface area (Å²) >= 11 is 0. The lowest BCUT2D eigenvalue weighted by atomic mass is 9.95. The van der Waals surface area contributed by atoms with Gasteiger partial charge in [0.15, 0.2) is 0 Å². The summed E-state index contributed by atoms with van der Waals surface area (Å²) in [4.78, 5) is 0. The smallest absolute Gasteiger partial charge is 0.104 e. The fourth-order valence-electron chi connectivity index (χ4n) is 2.04. The largest absolute Gasteiger partial charge is 0.384 e. The number of hydrogen-bond donors (Lipinski definition) is 2. The zero-order valence-corrected chi connectivity index (χ0v) is 11.1. The average Bonchev–Trinajstić information content (AvgIpc) is 2.49. The molecule has 1 unspecified atom stereocenters. The minimum Gasteiger partial charge on any atom is -0.384 e. The van der Waals surface area contributed by atoms with Gasteiger partial charge in [0.2, 0.25) is 0 Å². The van der Waals surface area contributed by atoms with E-state index < -0.39 is 6.10 Å². The van der Waals surface area contributed by atoms with Crippen molar-refractivity contribution in [2.24, 2.45) is 0 Å². The molecule has 0 aromatic heterocycles. The molecule has 0 aliphatic heterocycles. The topological polar surface area (TPSA) is 32.3 Å². The number of hydrogen-bond acceptors (Lipinski definition) is 2. The van der Waals surface area contributed by atoms with Gasteiger partial charge in [-0.05, 0) is 23.7 Å². The normalized spacial score (nSPS) is 13.3. The van der Waals surface area contributed by atoms with Crippen molar-refractivity contribution in [2.75, 3.05) is 13.6 Å². The fourth-order valence-corrected chi connectivity index (χ4v) is 2.04. The summed E-state index contributed by atoms with van der Waals surface area (Å²) in [6.45, 7) is 0.730. The van der Waals surface area contributed by atoms with Gasteiger partial charge in [0.25, 0.3) is 0 Å². The maximum atomic E-state index is 10.6. The third kappa shape index (κ3) is 3.53. The molecule has 2 aromatic rings. The molecule has 19 heavy (non-hydrogen) atoms. The summed E-state index contributed by atoms with van der Waals surface area (Å²) in [6.07, 6.45) is 1.43. The molecule has 0 saturated carbocycles. The molecule has 0 aliphatic carbocycles. The van der Waals surface area contributed by atoms with Crippen LogP contribution in [-0.2, 0) is 0 Å². The van der Waals surface area contributed by atoms with Crippen LogP contribution >= 0.6 is 0 Å². The second-order valence-corrected chi connectivity index (χ2v) is 4.40. The van der Waals surface area contributed by atoms with E-state index in [-0.39, 0.29) is 0 Å². The van der Waals surface area contributed by atoms with E-state index in [1.807, 2.05) is 73.8 Å². The van der Waals surface area contributed by atoms with Crippen molar-refractivity contribution in [1.29, 1.82) is 0 Å². The van der Waals surface area contributed by atoms with Gasteiger partial charge in [0.1, 0.15) is 6.10 Å². The first kappa shape index (κ1) is 13.5. The Morgan fingerprint density at radius 3 is 2.21 bits per heavy atom. The lowest BCUT2D eigenvalue weighted by molar-refractivity contribution is 0.238. The van der Waals surface area contributed by atoms with Gasteiger partial charge in [-0.2, -0.15) is 0 Å². The van der Waals surface area contributed by atoms with Crippen LogP contribution < -0.4 is 5.32 Å². The van der Waals surface area contributed by atoms with Gasteiger partial charge >= 0.3 is 0 Å². The zero-order chi connectivity index (χ0) is 13.5. The fraction of sp³-hybridized carbons (Fsp3) is 0.176. The molecule has 1 atom stereocenters. The first-order valence-electron chi connectivity index (χ1n) is 6.46. The molecule has 0 fully saturated rings. The predicted molar refractivity (Wildman–Crippen MR) is 79.7 cm³/mol. The van der Waals surface area contributed by atoms with Gasteiger partial charge in [0, 0.05) is 6.54 Å². The van der Waals surface area contributed by atoms with Crippen molar-refractivity contribution >= 4 is 5.57 Å². The molecule has 98 valence electrons. The van der Waals surface area contributed by atoms with Crippen molar-refractivity contribution in [2.45, 2.75) is 6.10 Å². The van der Waals surface area contributed by atoms with Gasteiger partial charge < -0.3 is 10.4 Å². The summed E-state index contributed by atoms with van der Waals surface area (Å²) < 4.78 is 0. The molecule has 0 spiro atoms. The lowest BCUT2D eigenvalue weighted by Gasteiger charge is -2.16. The standard InChI is InChI=1S/C17H19NO/c1-18-13-12-16(14-8-4-2-5-9-14)17(19)15-10-6-3-7-11-15/h2-12,17-19H,13H2,1H3. The summed E-state index contributed by atoms with van der Waals surface area (Å²) in [6, 6.07) is 19.7. The van der Waals surface area contributed by atoms with Crippen molar-refractivity contribution in [3.8, 4) is 0 Å². The highest BCUT2D eigenvalue weighted by atomic mass is 16.3. The second-order valence-electron chi connectivity index (χ2n) is 4.40. The summed E-state index contributed by atoms with van der Waals surface area (Å²) in [5.41, 5.74) is 2.89. The monoisotopic (exact) mass is 253 g/mol. The third-order valence-electron chi connectivity index (χ3n) is 3.04. The van der Waals surface area contributed by atoms with E-state index in [0.29, 0.717) is 0 Å². The molecular formula is C17H19NO. The Balaban J connectivity index is 2.34. The van der Waals surface area contributed by atoms with Crippen molar-refractivity contribution in [1.82, 2.24) is 5.32 Å². The molecular weight excluding hydrogens is 234 g/mol. The Bertz CT molecular complexity index is 519. The van der Waals surface area contributed by atoms with E-state index in [9.17, 15) is 5.11 Å².